The van der Waals surface area contributed by atoms with Crippen molar-refractivity contribution in [2.24, 2.45) is 5.92 Å². The van der Waals surface area contributed by atoms with Gasteiger partial charge in [0.2, 0.25) is 0 Å². The molecule has 2 aromatic rings. The van der Waals surface area contributed by atoms with Crippen LogP contribution in [-0.2, 0) is 19.6 Å². The second-order valence-electron chi connectivity index (χ2n) is 8.65. The third-order valence-corrected chi connectivity index (χ3v) is 6.00. The van der Waals surface area contributed by atoms with Crippen LogP contribution in [0.2, 0.25) is 0 Å². The molecule has 2 aromatic carbocycles. The van der Waals surface area contributed by atoms with Gasteiger partial charge in [0.1, 0.15) is 11.7 Å². The fourth-order valence-corrected chi connectivity index (χ4v) is 4.05. The summed E-state index contributed by atoms with van der Waals surface area (Å²) in [7, 11) is 0. The first-order chi connectivity index (χ1) is 15.1. The molecule has 0 saturated heterocycles. The molecule has 0 heterocycles. The quantitative estimate of drug-likeness (QED) is 0.446. The monoisotopic (exact) mass is 438 g/mol. The molecule has 1 aliphatic rings. The normalized spacial score (nSPS) is 22.9. The van der Waals surface area contributed by atoms with Crippen molar-refractivity contribution in [3.63, 3.8) is 0 Å². The lowest BCUT2D eigenvalue weighted by molar-refractivity contribution is -0.380. The lowest BCUT2D eigenvalue weighted by Gasteiger charge is -2.39. The van der Waals surface area contributed by atoms with E-state index < -0.39 is 23.6 Å². The van der Waals surface area contributed by atoms with Gasteiger partial charge in [-0.1, -0.05) is 43.3 Å². The van der Waals surface area contributed by atoms with Crippen molar-refractivity contribution < 1.29 is 29.1 Å². The topological polar surface area (TPSA) is 71.1 Å². The van der Waals surface area contributed by atoms with E-state index in [9.17, 15) is 9.59 Å². The summed E-state index contributed by atoms with van der Waals surface area (Å²) in [6.07, 6.45) is 0.810. The number of carbonyl (C=O) groups excluding carboxylic acids is 2. The summed E-state index contributed by atoms with van der Waals surface area (Å²) < 4.78 is 0. The van der Waals surface area contributed by atoms with Crippen LogP contribution in [0.3, 0.4) is 0 Å². The highest BCUT2D eigenvalue weighted by atomic mass is 17.2. The molecule has 32 heavy (non-hydrogen) atoms. The van der Waals surface area contributed by atoms with Crippen LogP contribution in [0.5, 0.6) is 0 Å². The van der Waals surface area contributed by atoms with Gasteiger partial charge in [-0.05, 0) is 82.1 Å². The van der Waals surface area contributed by atoms with Gasteiger partial charge in [0, 0.05) is 0 Å². The van der Waals surface area contributed by atoms with Gasteiger partial charge in [0.05, 0.1) is 11.1 Å². The van der Waals surface area contributed by atoms with Gasteiger partial charge < -0.3 is 0 Å². The molecule has 170 valence electrons. The van der Waals surface area contributed by atoms with Crippen molar-refractivity contribution in [3.8, 4) is 0 Å². The molecule has 0 aromatic heterocycles. The minimum Gasteiger partial charge on any atom is -0.292 e. The van der Waals surface area contributed by atoms with Crippen LogP contribution in [0.25, 0.3) is 0 Å². The number of hydrogen-bond acceptors (Lipinski definition) is 6. The maximum absolute atomic E-state index is 12.7. The molecule has 1 aliphatic carbocycles. The van der Waals surface area contributed by atoms with Crippen LogP contribution in [-0.4, -0.2) is 23.6 Å². The first kappa shape index (κ1) is 24.0. The van der Waals surface area contributed by atoms with Crippen LogP contribution < -0.4 is 0 Å². The highest BCUT2D eigenvalue weighted by molar-refractivity contribution is 5.92. The SMILES string of the molecule is [CH2]C1CCC([CH2])(OOC(=O)c2c(C)cccc2C)C(OOC(=O)c2c(C)cccc2C)C1. The summed E-state index contributed by atoms with van der Waals surface area (Å²) in [5.41, 5.74) is 2.81. The standard InChI is InChI=1S/C26H30O6/c1-16-13-14-26(6,32-31-25(28)23-19(4)11-8-12-20(23)5)21(15-16)29-30-24(27)22-17(2)9-7-10-18(22)3/h7-12,16,21H,1,6,13-15H2,2-5H3. The Morgan fingerprint density at radius 1 is 0.875 bits per heavy atom. The zero-order chi connectivity index (χ0) is 23.5. The molecule has 6 heteroatoms. The summed E-state index contributed by atoms with van der Waals surface area (Å²) >= 11 is 0. The van der Waals surface area contributed by atoms with Crippen LogP contribution in [0.1, 0.15) is 62.2 Å². The Hall–Kier alpha value is -2.70. The predicted octanol–water partition coefficient (Wildman–Crippen LogP) is 5.37. The molecular weight excluding hydrogens is 408 g/mol. The van der Waals surface area contributed by atoms with Crippen molar-refractivity contribution >= 4 is 11.9 Å². The average Bonchev–Trinajstić information content (AvgIpc) is 2.73. The maximum Gasteiger partial charge on any atom is 0.373 e. The summed E-state index contributed by atoms with van der Waals surface area (Å²) in [4.78, 5) is 46.7. The highest BCUT2D eigenvalue weighted by Gasteiger charge is 2.45. The predicted molar refractivity (Wildman–Crippen MR) is 119 cm³/mol. The first-order valence-electron chi connectivity index (χ1n) is 10.7. The fourth-order valence-electron chi connectivity index (χ4n) is 4.05. The van der Waals surface area contributed by atoms with Crippen LogP contribution in [0, 0.1) is 47.5 Å². The van der Waals surface area contributed by atoms with Gasteiger partial charge in [-0.2, -0.15) is 9.78 Å². The van der Waals surface area contributed by atoms with Gasteiger partial charge in [-0.3, -0.25) is 9.78 Å². The van der Waals surface area contributed by atoms with E-state index in [2.05, 4.69) is 13.8 Å². The Balaban J connectivity index is 1.70. The molecule has 3 rings (SSSR count). The Bertz CT molecular complexity index is 957. The van der Waals surface area contributed by atoms with Crippen molar-refractivity contribution in [2.45, 2.75) is 58.7 Å². The summed E-state index contributed by atoms with van der Waals surface area (Å²) in [5.74, 6) is -1.14. The average molecular weight is 439 g/mol. The molecule has 6 nitrogen and oxygen atoms in total. The van der Waals surface area contributed by atoms with E-state index >= 15 is 0 Å². The molecule has 0 aliphatic heterocycles. The van der Waals surface area contributed by atoms with E-state index in [1.165, 1.54) is 0 Å². The fraction of sp³-hybridized carbons (Fsp3) is 0.385. The molecule has 0 amide bonds. The Morgan fingerprint density at radius 2 is 1.34 bits per heavy atom. The van der Waals surface area contributed by atoms with Crippen molar-refractivity contribution in [1.82, 2.24) is 0 Å². The van der Waals surface area contributed by atoms with Crippen LogP contribution in [0.4, 0.5) is 0 Å². The van der Waals surface area contributed by atoms with E-state index in [1.807, 2.05) is 64.1 Å². The van der Waals surface area contributed by atoms with Gasteiger partial charge in [0.15, 0.2) is 0 Å². The third-order valence-electron chi connectivity index (χ3n) is 6.00. The maximum atomic E-state index is 12.7. The Morgan fingerprint density at radius 3 is 1.84 bits per heavy atom. The van der Waals surface area contributed by atoms with Gasteiger partial charge >= 0.3 is 11.9 Å². The number of rotatable bonds is 6. The van der Waals surface area contributed by atoms with E-state index in [0.717, 1.165) is 22.3 Å². The molecular formula is C26H30O6. The molecule has 0 spiro atoms. The van der Waals surface area contributed by atoms with Crippen LogP contribution in [0.15, 0.2) is 36.4 Å². The molecule has 1 saturated carbocycles. The van der Waals surface area contributed by atoms with E-state index in [0.29, 0.717) is 30.4 Å². The van der Waals surface area contributed by atoms with Gasteiger partial charge in [-0.25, -0.2) is 9.59 Å². The Kier molecular flexibility index (Phi) is 7.36. The van der Waals surface area contributed by atoms with E-state index in [-0.39, 0.29) is 5.92 Å². The number of benzene rings is 2. The minimum absolute atomic E-state index is 0.0617. The lowest BCUT2D eigenvalue weighted by atomic mass is 9.78. The van der Waals surface area contributed by atoms with E-state index in [4.69, 9.17) is 19.6 Å². The third kappa shape index (κ3) is 5.19. The zero-order valence-electron chi connectivity index (χ0n) is 19.1. The van der Waals surface area contributed by atoms with Crippen LogP contribution >= 0.6 is 0 Å². The molecule has 2 radical (unpaired) electrons. The molecule has 3 atom stereocenters. The highest BCUT2D eigenvalue weighted by Crippen LogP contribution is 2.37. The lowest BCUT2D eigenvalue weighted by Crippen LogP contribution is -2.49. The summed E-state index contributed by atoms with van der Waals surface area (Å²) in [6.45, 7) is 15.5. The second-order valence-corrected chi connectivity index (χ2v) is 8.65. The molecule has 1 fully saturated rings. The minimum atomic E-state index is -1.23. The van der Waals surface area contributed by atoms with E-state index in [1.54, 1.807) is 0 Å². The Labute approximate surface area is 189 Å². The number of aryl methyl sites for hydroxylation is 4. The summed E-state index contributed by atoms with van der Waals surface area (Å²) in [5, 5.41) is 0. The molecule has 3 unspecified atom stereocenters. The van der Waals surface area contributed by atoms with Crippen molar-refractivity contribution in [3.05, 3.63) is 83.6 Å². The number of carbonyl (C=O) groups is 2. The summed E-state index contributed by atoms with van der Waals surface area (Å²) in [6, 6.07) is 11.1. The zero-order valence-corrected chi connectivity index (χ0v) is 19.1. The van der Waals surface area contributed by atoms with Crippen molar-refractivity contribution in [1.29, 1.82) is 0 Å². The first-order valence-corrected chi connectivity index (χ1v) is 10.7. The van der Waals surface area contributed by atoms with Gasteiger partial charge in [-0.15, -0.1) is 0 Å². The van der Waals surface area contributed by atoms with Gasteiger partial charge in [0.25, 0.3) is 0 Å². The largest absolute Gasteiger partial charge is 0.373 e. The number of hydrogen-bond donors (Lipinski definition) is 0. The van der Waals surface area contributed by atoms with Crippen molar-refractivity contribution in [2.75, 3.05) is 0 Å². The second kappa shape index (κ2) is 9.84. The smallest absolute Gasteiger partial charge is 0.292 e. The molecule has 0 bridgehead atoms. The molecule has 0 N–H and O–H groups in total.